The van der Waals surface area contributed by atoms with E-state index in [4.69, 9.17) is 11.6 Å². The number of quaternary nitrogens is 1. The number of alkyl halides is 1. The van der Waals surface area contributed by atoms with Crippen LogP contribution in [0.3, 0.4) is 0 Å². The van der Waals surface area contributed by atoms with Gasteiger partial charge < -0.3 is 28.5 Å². The molecule has 0 unspecified atom stereocenters. The minimum absolute atomic E-state index is 0. The van der Waals surface area contributed by atoms with Crippen molar-refractivity contribution in [1.82, 2.24) is 0 Å². The van der Waals surface area contributed by atoms with Crippen LogP contribution in [0.15, 0.2) is 0 Å². The van der Waals surface area contributed by atoms with E-state index in [1.165, 1.54) is 58.2 Å². The second-order valence-electron chi connectivity index (χ2n) is 4.69. The molecule has 0 rings (SSSR count). The number of halogens is 2. The van der Waals surface area contributed by atoms with Crippen LogP contribution in [0.5, 0.6) is 0 Å². The van der Waals surface area contributed by atoms with Crippen LogP contribution in [0.4, 0.5) is 0 Å². The zero-order chi connectivity index (χ0) is 11.6. The largest absolute Gasteiger partial charge is 1.00 e. The molecule has 0 radical (unpaired) electrons. The third kappa shape index (κ3) is 8.13. The van der Waals surface area contributed by atoms with Crippen molar-refractivity contribution >= 4 is 11.6 Å². The number of nitrogens with zero attached hydrogens (tertiary/aromatic N) is 1. The lowest BCUT2D eigenvalue weighted by molar-refractivity contribution is -0.918. The highest BCUT2D eigenvalue weighted by Crippen LogP contribution is 2.15. The van der Waals surface area contributed by atoms with Crippen LogP contribution in [0.1, 0.15) is 59.3 Å². The van der Waals surface area contributed by atoms with Crippen molar-refractivity contribution in [2.24, 2.45) is 0 Å². The van der Waals surface area contributed by atoms with Gasteiger partial charge in [-0.25, -0.2) is 0 Å². The molecule has 3 heteroatoms. The molecule has 16 heavy (non-hydrogen) atoms. The van der Waals surface area contributed by atoms with E-state index < -0.39 is 0 Å². The van der Waals surface area contributed by atoms with E-state index >= 15 is 0 Å². The van der Waals surface area contributed by atoms with Crippen LogP contribution in [0.2, 0.25) is 0 Å². The highest BCUT2D eigenvalue weighted by Gasteiger charge is 2.24. The molecular weight excluding hydrogens is 333 g/mol. The first kappa shape index (κ1) is 19.3. The quantitative estimate of drug-likeness (QED) is 0.239. The SMILES string of the molecule is CCCC[N+](CCl)(CCCC)CCCC.[I-]. The molecule has 0 bridgehead atoms. The minimum atomic E-state index is 0. The van der Waals surface area contributed by atoms with Crippen LogP contribution >= 0.6 is 11.6 Å². The normalized spacial score (nSPS) is 11.2. The molecule has 0 atom stereocenters. The summed E-state index contributed by atoms with van der Waals surface area (Å²) in [4.78, 5) is 0. The maximum Gasteiger partial charge on any atom is 0.154 e. The van der Waals surface area contributed by atoms with E-state index in [1.54, 1.807) is 0 Å². The molecule has 0 amide bonds. The van der Waals surface area contributed by atoms with Gasteiger partial charge in [0.15, 0.2) is 6.00 Å². The molecule has 0 aliphatic rings. The number of hydrogen-bond acceptors (Lipinski definition) is 0. The molecule has 0 aliphatic carbocycles. The van der Waals surface area contributed by atoms with Gasteiger partial charge in [0.05, 0.1) is 19.6 Å². The van der Waals surface area contributed by atoms with E-state index in [-0.39, 0.29) is 24.0 Å². The Balaban J connectivity index is 0. The molecule has 0 N–H and O–H groups in total. The zero-order valence-electron chi connectivity index (χ0n) is 11.3. The van der Waals surface area contributed by atoms with Gasteiger partial charge >= 0.3 is 0 Å². The standard InChI is InChI=1S/C13H29ClN.HI/c1-4-7-10-15(13-14,11-8-5-2)12-9-6-3;/h4-13H2,1-3H3;1H/q+1;/p-1. The lowest BCUT2D eigenvalue weighted by Crippen LogP contribution is -3.00. The second kappa shape index (κ2) is 12.4. The van der Waals surface area contributed by atoms with Gasteiger partial charge in [0, 0.05) is 0 Å². The van der Waals surface area contributed by atoms with Gasteiger partial charge in [0.1, 0.15) is 0 Å². The summed E-state index contributed by atoms with van der Waals surface area (Å²) in [5.41, 5.74) is 0. The Morgan fingerprint density at radius 3 is 1.25 bits per heavy atom. The summed E-state index contributed by atoms with van der Waals surface area (Å²) in [6.07, 6.45) is 7.82. The fraction of sp³-hybridized carbons (Fsp3) is 1.00. The van der Waals surface area contributed by atoms with E-state index in [0.717, 1.165) is 10.5 Å². The van der Waals surface area contributed by atoms with Gasteiger partial charge in [0.25, 0.3) is 0 Å². The average molecular weight is 362 g/mol. The minimum Gasteiger partial charge on any atom is -1.00 e. The van der Waals surface area contributed by atoms with Gasteiger partial charge in [-0.1, -0.05) is 51.6 Å². The highest BCUT2D eigenvalue weighted by molar-refractivity contribution is 6.16. The van der Waals surface area contributed by atoms with Crippen molar-refractivity contribution in [1.29, 1.82) is 0 Å². The highest BCUT2D eigenvalue weighted by atomic mass is 127. The summed E-state index contributed by atoms with van der Waals surface area (Å²) in [5.74, 6) is 0. The fourth-order valence-electron chi connectivity index (χ4n) is 2.00. The van der Waals surface area contributed by atoms with Crippen molar-refractivity contribution in [3.8, 4) is 0 Å². The van der Waals surface area contributed by atoms with Gasteiger partial charge in [-0.3, -0.25) is 0 Å². The Morgan fingerprint density at radius 2 is 1.06 bits per heavy atom. The van der Waals surface area contributed by atoms with Crippen molar-refractivity contribution in [2.75, 3.05) is 25.6 Å². The van der Waals surface area contributed by atoms with Crippen molar-refractivity contribution < 1.29 is 28.5 Å². The summed E-state index contributed by atoms with van der Waals surface area (Å²) in [6.45, 7) is 10.6. The molecular formula is C13H29ClIN. The Morgan fingerprint density at radius 1 is 0.750 bits per heavy atom. The van der Waals surface area contributed by atoms with E-state index in [2.05, 4.69) is 20.8 Å². The molecule has 0 aliphatic heterocycles. The Kier molecular flexibility index (Phi) is 15.0. The van der Waals surface area contributed by atoms with Crippen LogP contribution in [0.25, 0.3) is 0 Å². The van der Waals surface area contributed by atoms with Gasteiger partial charge in [-0.05, 0) is 19.3 Å². The molecule has 0 saturated heterocycles. The van der Waals surface area contributed by atoms with Gasteiger partial charge in [-0.2, -0.15) is 0 Å². The third-order valence-electron chi connectivity index (χ3n) is 3.21. The molecule has 0 fully saturated rings. The van der Waals surface area contributed by atoms with Crippen molar-refractivity contribution in [3.05, 3.63) is 0 Å². The topological polar surface area (TPSA) is 0 Å². The van der Waals surface area contributed by atoms with Crippen molar-refractivity contribution in [3.63, 3.8) is 0 Å². The molecule has 100 valence electrons. The monoisotopic (exact) mass is 361 g/mol. The van der Waals surface area contributed by atoms with Crippen molar-refractivity contribution in [2.45, 2.75) is 59.3 Å². The molecule has 0 aromatic carbocycles. The number of rotatable bonds is 10. The summed E-state index contributed by atoms with van der Waals surface area (Å²) >= 11 is 6.20. The summed E-state index contributed by atoms with van der Waals surface area (Å²) in [7, 11) is 0. The van der Waals surface area contributed by atoms with Crippen LogP contribution in [-0.4, -0.2) is 30.1 Å². The van der Waals surface area contributed by atoms with Gasteiger partial charge in [0.2, 0.25) is 0 Å². The Bertz CT molecular complexity index is 120. The average Bonchev–Trinajstić information content (AvgIpc) is 2.29. The number of hydrogen-bond donors (Lipinski definition) is 0. The predicted octanol–water partition coefficient (Wildman–Crippen LogP) is 1.40. The van der Waals surface area contributed by atoms with Crippen LogP contribution in [-0.2, 0) is 0 Å². The zero-order valence-corrected chi connectivity index (χ0v) is 14.2. The summed E-state index contributed by atoms with van der Waals surface area (Å²) in [6, 6.07) is 0.806. The summed E-state index contributed by atoms with van der Waals surface area (Å²) in [5, 5.41) is 0. The van der Waals surface area contributed by atoms with Gasteiger partial charge in [-0.15, -0.1) is 0 Å². The van der Waals surface area contributed by atoms with Crippen LogP contribution in [0, 0.1) is 0 Å². The van der Waals surface area contributed by atoms with E-state index in [1.807, 2.05) is 0 Å². The summed E-state index contributed by atoms with van der Waals surface area (Å²) < 4.78 is 1.15. The van der Waals surface area contributed by atoms with Crippen LogP contribution < -0.4 is 24.0 Å². The maximum atomic E-state index is 6.20. The third-order valence-corrected chi connectivity index (χ3v) is 3.72. The predicted molar refractivity (Wildman–Crippen MR) is 70.3 cm³/mol. The molecule has 1 nitrogen and oxygen atoms in total. The lowest BCUT2D eigenvalue weighted by atomic mass is 10.2. The Hall–Kier alpha value is 0.980. The first-order chi connectivity index (χ1) is 7.24. The lowest BCUT2D eigenvalue weighted by Gasteiger charge is -2.37. The molecule has 0 aromatic heterocycles. The van der Waals surface area contributed by atoms with E-state index in [9.17, 15) is 0 Å². The number of unbranched alkanes of at least 4 members (excludes halogenated alkanes) is 3. The Labute approximate surface area is 125 Å². The molecule has 0 heterocycles. The first-order valence-corrected chi connectivity index (χ1v) is 7.19. The molecule has 0 saturated carbocycles. The fourth-order valence-corrected chi connectivity index (χ4v) is 2.35. The molecule has 0 spiro atoms. The smallest absolute Gasteiger partial charge is 0.154 e. The van der Waals surface area contributed by atoms with E-state index in [0.29, 0.717) is 0 Å². The maximum absolute atomic E-state index is 6.20. The second-order valence-corrected chi connectivity index (χ2v) is 4.93. The molecule has 0 aromatic rings. The first-order valence-electron chi connectivity index (χ1n) is 6.65.